The standard InChI is InChI=1S/C11H13BF3O/c1-10(2,3)12-8-4-6-9(7-5-8)16-11(13,14)15/h4-7H,1-3H3. The van der Waals surface area contributed by atoms with Gasteiger partial charge in [0.2, 0.25) is 0 Å². The Morgan fingerprint density at radius 3 is 1.88 bits per heavy atom. The first-order chi connectivity index (χ1) is 7.16. The molecular formula is C11H13BF3O. The number of hydrogen-bond donors (Lipinski definition) is 0. The topological polar surface area (TPSA) is 9.23 Å². The summed E-state index contributed by atoms with van der Waals surface area (Å²) in [7, 11) is 1.98. The SMILES string of the molecule is CC(C)(C)[B]c1ccc(OC(F)(F)F)cc1. The van der Waals surface area contributed by atoms with E-state index in [9.17, 15) is 13.2 Å². The lowest BCUT2D eigenvalue weighted by Gasteiger charge is -2.16. The Labute approximate surface area is 93.9 Å². The van der Waals surface area contributed by atoms with E-state index < -0.39 is 6.36 Å². The van der Waals surface area contributed by atoms with E-state index >= 15 is 0 Å². The van der Waals surface area contributed by atoms with E-state index in [1.54, 1.807) is 12.1 Å². The van der Waals surface area contributed by atoms with Crippen molar-refractivity contribution in [3.63, 3.8) is 0 Å². The van der Waals surface area contributed by atoms with Gasteiger partial charge in [-0.1, -0.05) is 43.7 Å². The number of ether oxygens (including phenoxy) is 1. The highest BCUT2D eigenvalue weighted by Gasteiger charge is 2.30. The molecule has 0 spiro atoms. The van der Waals surface area contributed by atoms with Gasteiger partial charge in [-0.2, -0.15) is 0 Å². The van der Waals surface area contributed by atoms with Crippen molar-refractivity contribution >= 4 is 12.7 Å². The molecule has 0 amide bonds. The first-order valence-corrected chi connectivity index (χ1v) is 4.87. The van der Waals surface area contributed by atoms with Gasteiger partial charge in [-0.3, -0.25) is 0 Å². The summed E-state index contributed by atoms with van der Waals surface area (Å²) in [6.07, 6.45) is -4.63. The Kier molecular flexibility index (Phi) is 3.56. The predicted octanol–water partition coefficient (Wildman–Crippen LogP) is 3.13. The molecule has 16 heavy (non-hydrogen) atoms. The molecular weight excluding hydrogens is 216 g/mol. The summed E-state index contributed by atoms with van der Waals surface area (Å²) >= 11 is 0. The summed E-state index contributed by atoms with van der Waals surface area (Å²) in [6.45, 7) is 6.06. The summed E-state index contributed by atoms with van der Waals surface area (Å²) in [4.78, 5) is 0. The molecule has 0 saturated carbocycles. The Morgan fingerprint density at radius 1 is 1.00 bits per heavy atom. The fraction of sp³-hybridized carbons (Fsp3) is 0.455. The highest BCUT2D eigenvalue weighted by Crippen LogP contribution is 2.23. The van der Waals surface area contributed by atoms with Crippen LogP contribution in [0, 0.1) is 0 Å². The van der Waals surface area contributed by atoms with Crippen LogP contribution in [0.5, 0.6) is 5.75 Å². The molecule has 5 heteroatoms. The number of rotatable bonds is 2. The maximum atomic E-state index is 11.9. The number of halogens is 3. The van der Waals surface area contributed by atoms with Crippen molar-refractivity contribution in [2.45, 2.75) is 32.4 Å². The zero-order chi connectivity index (χ0) is 12.4. The van der Waals surface area contributed by atoms with Crippen LogP contribution in [0.15, 0.2) is 24.3 Å². The van der Waals surface area contributed by atoms with Crippen LogP contribution in [0.2, 0.25) is 5.31 Å². The van der Waals surface area contributed by atoms with Crippen LogP contribution in [-0.2, 0) is 0 Å². The minimum atomic E-state index is -4.63. The molecule has 1 aromatic carbocycles. The zero-order valence-electron chi connectivity index (χ0n) is 9.43. The van der Waals surface area contributed by atoms with Gasteiger partial charge in [-0.15, -0.1) is 13.2 Å². The average molecular weight is 229 g/mol. The largest absolute Gasteiger partial charge is 0.573 e. The van der Waals surface area contributed by atoms with Gasteiger partial charge in [0.15, 0.2) is 7.28 Å². The summed E-state index contributed by atoms with van der Waals surface area (Å²) in [5.41, 5.74) is 0.877. The number of benzene rings is 1. The highest BCUT2D eigenvalue weighted by atomic mass is 19.4. The molecule has 0 fully saturated rings. The molecule has 0 unspecified atom stereocenters. The normalized spacial score (nSPS) is 12.4. The van der Waals surface area contributed by atoms with Gasteiger partial charge in [0.05, 0.1) is 0 Å². The van der Waals surface area contributed by atoms with Crippen molar-refractivity contribution in [1.82, 2.24) is 0 Å². The maximum Gasteiger partial charge on any atom is 0.573 e. The van der Waals surface area contributed by atoms with E-state index in [4.69, 9.17) is 0 Å². The Bertz CT molecular complexity index is 303. The Morgan fingerprint density at radius 2 is 1.50 bits per heavy atom. The maximum absolute atomic E-state index is 11.9. The quantitative estimate of drug-likeness (QED) is 0.708. The molecule has 0 aliphatic carbocycles. The summed E-state index contributed by atoms with van der Waals surface area (Å²) in [5, 5.41) is -0.00754. The van der Waals surface area contributed by atoms with Crippen LogP contribution in [0.4, 0.5) is 13.2 Å². The van der Waals surface area contributed by atoms with Crippen molar-refractivity contribution in [2.24, 2.45) is 0 Å². The second-order valence-corrected chi connectivity index (χ2v) is 4.63. The molecule has 1 aromatic rings. The summed E-state index contributed by atoms with van der Waals surface area (Å²) in [6, 6.07) is 5.83. The molecule has 0 saturated heterocycles. The molecule has 0 atom stereocenters. The van der Waals surface area contributed by atoms with Gasteiger partial charge < -0.3 is 4.74 Å². The van der Waals surface area contributed by atoms with Gasteiger partial charge in [0, 0.05) is 0 Å². The second kappa shape index (κ2) is 4.40. The molecule has 1 radical (unpaired) electrons. The monoisotopic (exact) mass is 229 g/mol. The Balaban J connectivity index is 2.69. The Hall–Kier alpha value is -1.13. The fourth-order valence-corrected chi connectivity index (χ4v) is 1.27. The highest BCUT2D eigenvalue weighted by molar-refractivity contribution is 6.56. The van der Waals surface area contributed by atoms with Gasteiger partial charge in [0.25, 0.3) is 0 Å². The molecule has 0 heterocycles. The van der Waals surface area contributed by atoms with Gasteiger partial charge in [-0.05, 0) is 12.1 Å². The third-order valence-corrected chi connectivity index (χ3v) is 1.71. The number of alkyl halides is 3. The third kappa shape index (κ3) is 5.10. The molecule has 0 N–H and O–H groups in total. The van der Waals surface area contributed by atoms with E-state index in [1.807, 2.05) is 28.1 Å². The van der Waals surface area contributed by atoms with E-state index in [-0.39, 0.29) is 11.1 Å². The lowest BCUT2D eigenvalue weighted by Crippen LogP contribution is -2.23. The van der Waals surface area contributed by atoms with Crippen LogP contribution in [-0.4, -0.2) is 13.6 Å². The molecule has 1 rings (SSSR count). The molecule has 0 aromatic heterocycles. The molecule has 0 aliphatic heterocycles. The first kappa shape index (κ1) is 12.9. The molecule has 1 nitrogen and oxygen atoms in total. The van der Waals surface area contributed by atoms with Crippen molar-refractivity contribution < 1.29 is 17.9 Å². The average Bonchev–Trinajstić information content (AvgIpc) is 2.03. The molecule has 87 valence electrons. The van der Waals surface area contributed by atoms with Crippen LogP contribution in [0.3, 0.4) is 0 Å². The molecule has 0 bridgehead atoms. The van der Waals surface area contributed by atoms with Gasteiger partial charge in [0.1, 0.15) is 5.75 Å². The van der Waals surface area contributed by atoms with Crippen molar-refractivity contribution in [2.75, 3.05) is 0 Å². The lowest BCUT2D eigenvalue weighted by molar-refractivity contribution is -0.274. The van der Waals surface area contributed by atoms with Crippen LogP contribution in [0.1, 0.15) is 20.8 Å². The van der Waals surface area contributed by atoms with Crippen molar-refractivity contribution in [1.29, 1.82) is 0 Å². The summed E-state index contributed by atoms with van der Waals surface area (Å²) < 4.78 is 39.4. The molecule has 0 aliphatic rings. The van der Waals surface area contributed by atoms with E-state index in [2.05, 4.69) is 4.74 Å². The van der Waals surface area contributed by atoms with Crippen LogP contribution in [0.25, 0.3) is 0 Å². The third-order valence-electron chi connectivity index (χ3n) is 1.71. The van der Waals surface area contributed by atoms with Crippen molar-refractivity contribution in [3.8, 4) is 5.75 Å². The zero-order valence-corrected chi connectivity index (χ0v) is 9.43. The summed E-state index contributed by atoms with van der Waals surface area (Å²) in [5.74, 6) is -0.196. The van der Waals surface area contributed by atoms with Gasteiger partial charge in [-0.25, -0.2) is 0 Å². The van der Waals surface area contributed by atoms with Gasteiger partial charge >= 0.3 is 6.36 Å². The number of hydrogen-bond acceptors (Lipinski definition) is 1. The van der Waals surface area contributed by atoms with E-state index in [0.29, 0.717) is 0 Å². The lowest BCUT2D eigenvalue weighted by atomic mass is 9.51. The van der Waals surface area contributed by atoms with E-state index in [1.165, 1.54) is 12.1 Å². The van der Waals surface area contributed by atoms with Crippen molar-refractivity contribution in [3.05, 3.63) is 24.3 Å². The predicted molar refractivity (Wildman–Crippen MR) is 58.2 cm³/mol. The second-order valence-electron chi connectivity index (χ2n) is 4.63. The minimum Gasteiger partial charge on any atom is -0.406 e. The fourth-order valence-electron chi connectivity index (χ4n) is 1.27. The van der Waals surface area contributed by atoms with Crippen LogP contribution >= 0.6 is 0 Å². The smallest absolute Gasteiger partial charge is 0.406 e. The minimum absolute atomic E-state index is 0.00754. The van der Waals surface area contributed by atoms with E-state index in [0.717, 1.165) is 5.46 Å². The first-order valence-electron chi connectivity index (χ1n) is 4.87. The van der Waals surface area contributed by atoms with Crippen LogP contribution < -0.4 is 10.2 Å².